The second-order valence-corrected chi connectivity index (χ2v) is 7.38. The summed E-state index contributed by atoms with van der Waals surface area (Å²) >= 11 is 0. The van der Waals surface area contributed by atoms with Gasteiger partial charge in [0.1, 0.15) is 0 Å². The molecule has 0 aromatic rings. The van der Waals surface area contributed by atoms with Gasteiger partial charge in [0.2, 0.25) is 5.91 Å². The molecule has 108 valence electrons. The van der Waals surface area contributed by atoms with E-state index >= 15 is 0 Å². The molecule has 0 unspecified atom stereocenters. The van der Waals surface area contributed by atoms with Gasteiger partial charge in [0.15, 0.2) is 0 Å². The molecule has 4 aliphatic carbocycles. The van der Waals surface area contributed by atoms with E-state index in [4.69, 9.17) is 0 Å². The van der Waals surface area contributed by atoms with Gasteiger partial charge in [0.25, 0.3) is 0 Å². The van der Waals surface area contributed by atoms with Crippen molar-refractivity contribution >= 4 is 5.91 Å². The topological polar surface area (TPSA) is 20.3 Å². The second kappa shape index (κ2) is 5.46. The van der Waals surface area contributed by atoms with Crippen LogP contribution in [0.15, 0.2) is 0 Å². The summed E-state index contributed by atoms with van der Waals surface area (Å²) in [5, 5.41) is 0. The predicted molar refractivity (Wildman–Crippen MR) is 77.7 cm³/mol. The maximum Gasteiger partial charge on any atom is 0.222 e. The highest BCUT2D eigenvalue weighted by Gasteiger charge is 2.50. The molecule has 4 bridgehead atoms. The van der Waals surface area contributed by atoms with Gasteiger partial charge < -0.3 is 4.90 Å². The lowest BCUT2D eigenvalue weighted by atomic mass is 9.54. The Labute approximate surface area is 117 Å². The minimum atomic E-state index is 0.408. The first-order valence-electron chi connectivity index (χ1n) is 8.44. The van der Waals surface area contributed by atoms with Crippen LogP contribution in [-0.4, -0.2) is 23.9 Å². The van der Waals surface area contributed by atoms with Crippen molar-refractivity contribution in [1.82, 2.24) is 4.90 Å². The van der Waals surface area contributed by atoms with Crippen molar-refractivity contribution in [2.45, 2.75) is 70.8 Å². The number of carbonyl (C=O) groups is 1. The van der Waals surface area contributed by atoms with Crippen molar-refractivity contribution in [1.29, 1.82) is 0 Å². The van der Waals surface area contributed by atoms with Gasteiger partial charge in [0.05, 0.1) is 0 Å². The highest BCUT2D eigenvalue weighted by atomic mass is 16.2. The van der Waals surface area contributed by atoms with Crippen molar-refractivity contribution in [2.75, 3.05) is 7.05 Å². The fraction of sp³-hybridized carbons (Fsp3) is 0.941. The summed E-state index contributed by atoms with van der Waals surface area (Å²) < 4.78 is 0. The van der Waals surface area contributed by atoms with E-state index in [2.05, 4.69) is 18.9 Å². The van der Waals surface area contributed by atoms with E-state index in [9.17, 15) is 4.79 Å². The van der Waals surface area contributed by atoms with Crippen molar-refractivity contribution in [3.05, 3.63) is 0 Å². The molecule has 0 heterocycles. The number of unbranched alkanes of at least 4 members (excludes halogenated alkanes) is 2. The van der Waals surface area contributed by atoms with Gasteiger partial charge in [-0.2, -0.15) is 0 Å². The zero-order valence-corrected chi connectivity index (χ0v) is 12.6. The molecule has 0 atom stereocenters. The fourth-order valence-electron chi connectivity index (χ4n) is 5.40. The highest BCUT2D eigenvalue weighted by molar-refractivity contribution is 5.76. The van der Waals surface area contributed by atoms with E-state index in [0.29, 0.717) is 11.9 Å². The molecule has 2 nitrogen and oxygen atoms in total. The Morgan fingerprint density at radius 1 is 1.00 bits per heavy atom. The van der Waals surface area contributed by atoms with Crippen LogP contribution >= 0.6 is 0 Å². The average molecular weight is 263 g/mol. The maximum atomic E-state index is 12.4. The molecular weight excluding hydrogens is 234 g/mol. The van der Waals surface area contributed by atoms with E-state index in [0.717, 1.165) is 36.5 Å². The van der Waals surface area contributed by atoms with Crippen LogP contribution in [0.5, 0.6) is 0 Å². The van der Waals surface area contributed by atoms with Crippen LogP contribution in [0.3, 0.4) is 0 Å². The zero-order chi connectivity index (χ0) is 13.4. The first-order valence-corrected chi connectivity index (χ1v) is 8.44. The first kappa shape index (κ1) is 13.5. The quantitative estimate of drug-likeness (QED) is 0.690. The zero-order valence-electron chi connectivity index (χ0n) is 12.6. The third-order valence-electron chi connectivity index (χ3n) is 6.01. The molecule has 19 heavy (non-hydrogen) atoms. The van der Waals surface area contributed by atoms with Crippen LogP contribution in [0.2, 0.25) is 0 Å². The molecule has 1 amide bonds. The molecule has 4 fully saturated rings. The van der Waals surface area contributed by atoms with E-state index in [1.54, 1.807) is 0 Å². The third-order valence-corrected chi connectivity index (χ3v) is 6.01. The van der Waals surface area contributed by atoms with Crippen molar-refractivity contribution in [3.8, 4) is 0 Å². The maximum absolute atomic E-state index is 12.4. The first-order chi connectivity index (χ1) is 9.19. The Kier molecular flexibility index (Phi) is 3.86. The van der Waals surface area contributed by atoms with Crippen LogP contribution in [0.25, 0.3) is 0 Å². The Balaban J connectivity index is 1.60. The molecule has 0 saturated heterocycles. The SMILES string of the molecule is CCCCCC(=O)N(C)C1C2CC3CC(C2)CC1C3. The van der Waals surface area contributed by atoms with E-state index in [-0.39, 0.29) is 0 Å². The number of carbonyl (C=O) groups excluding carboxylic acids is 1. The number of rotatable bonds is 5. The van der Waals surface area contributed by atoms with Gasteiger partial charge in [-0.3, -0.25) is 4.79 Å². The van der Waals surface area contributed by atoms with Gasteiger partial charge in [-0.15, -0.1) is 0 Å². The van der Waals surface area contributed by atoms with Crippen LogP contribution < -0.4 is 0 Å². The lowest BCUT2D eigenvalue weighted by molar-refractivity contribution is -0.141. The lowest BCUT2D eigenvalue weighted by Gasteiger charge is -2.56. The van der Waals surface area contributed by atoms with Gasteiger partial charge in [0, 0.05) is 19.5 Å². The Morgan fingerprint density at radius 2 is 1.58 bits per heavy atom. The minimum absolute atomic E-state index is 0.408. The molecule has 0 radical (unpaired) electrons. The number of nitrogens with zero attached hydrogens (tertiary/aromatic N) is 1. The fourth-order valence-corrected chi connectivity index (χ4v) is 5.40. The van der Waals surface area contributed by atoms with Gasteiger partial charge >= 0.3 is 0 Å². The van der Waals surface area contributed by atoms with Gasteiger partial charge in [-0.1, -0.05) is 19.8 Å². The average Bonchev–Trinajstić information content (AvgIpc) is 2.37. The summed E-state index contributed by atoms with van der Waals surface area (Å²) in [6.07, 6.45) is 11.4. The second-order valence-electron chi connectivity index (χ2n) is 7.38. The summed E-state index contributed by atoms with van der Waals surface area (Å²) in [5.74, 6) is 4.07. The van der Waals surface area contributed by atoms with Crippen molar-refractivity contribution < 1.29 is 4.79 Å². The van der Waals surface area contributed by atoms with Crippen molar-refractivity contribution in [2.24, 2.45) is 23.7 Å². The van der Waals surface area contributed by atoms with E-state index in [1.807, 2.05) is 0 Å². The summed E-state index contributed by atoms with van der Waals surface area (Å²) in [7, 11) is 2.08. The molecule has 4 aliphatic rings. The van der Waals surface area contributed by atoms with Crippen molar-refractivity contribution in [3.63, 3.8) is 0 Å². The molecule has 4 rings (SSSR count). The summed E-state index contributed by atoms with van der Waals surface area (Å²) in [4.78, 5) is 14.5. The molecule has 0 aliphatic heterocycles. The molecule has 0 N–H and O–H groups in total. The van der Waals surface area contributed by atoms with Crippen LogP contribution in [0.4, 0.5) is 0 Å². The molecule has 0 aromatic heterocycles. The smallest absolute Gasteiger partial charge is 0.222 e. The standard InChI is InChI=1S/C17H29NO/c1-3-4-5-6-16(19)18(2)17-14-8-12-7-13(10-14)11-15(17)9-12/h12-15,17H,3-11H2,1-2H3. The Hall–Kier alpha value is -0.530. The molecular formula is C17H29NO. The van der Waals surface area contributed by atoms with E-state index < -0.39 is 0 Å². The predicted octanol–water partition coefficient (Wildman–Crippen LogP) is 3.85. The minimum Gasteiger partial charge on any atom is -0.342 e. The monoisotopic (exact) mass is 263 g/mol. The molecule has 4 saturated carbocycles. The van der Waals surface area contributed by atoms with Gasteiger partial charge in [-0.25, -0.2) is 0 Å². The molecule has 0 spiro atoms. The van der Waals surface area contributed by atoms with E-state index in [1.165, 1.54) is 44.9 Å². The van der Waals surface area contributed by atoms with Crippen LogP contribution in [0.1, 0.15) is 64.7 Å². The highest BCUT2D eigenvalue weighted by Crippen LogP contribution is 2.54. The largest absolute Gasteiger partial charge is 0.342 e. The summed E-state index contributed by atoms with van der Waals surface area (Å²) in [6.45, 7) is 2.20. The lowest BCUT2D eigenvalue weighted by Crippen LogP contribution is -2.56. The van der Waals surface area contributed by atoms with Gasteiger partial charge in [-0.05, 0) is 62.2 Å². The number of amides is 1. The number of hydrogen-bond acceptors (Lipinski definition) is 1. The normalized spacial score (nSPS) is 39.6. The Bertz CT molecular complexity index is 310. The Morgan fingerprint density at radius 3 is 2.11 bits per heavy atom. The summed E-state index contributed by atoms with van der Waals surface area (Å²) in [5.41, 5.74) is 0. The van der Waals surface area contributed by atoms with Crippen LogP contribution in [0, 0.1) is 23.7 Å². The van der Waals surface area contributed by atoms with Crippen LogP contribution in [-0.2, 0) is 4.79 Å². The molecule has 0 aromatic carbocycles. The molecule has 2 heteroatoms. The third kappa shape index (κ3) is 2.55. The number of hydrogen-bond donors (Lipinski definition) is 0. The summed E-state index contributed by atoms with van der Waals surface area (Å²) in [6, 6.07) is 0.585.